The number of nitrogens with one attached hydrogen (secondary N) is 1. The van der Waals surface area contributed by atoms with Crippen LogP contribution >= 0.6 is 0 Å². The molecule has 3 rings (SSSR count). The molecule has 160 valence electrons. The van der Waals surface area contributed by atoms with Gasteiger partial charge in [0.05, 0.1) is 6.61 Å². The Hall–Kier alpha value is -2.08. The third-order valence-electron chi connectivity index (χ3n) is 6.07. The van der Waals surface area contributed by atoms with E-state index in [1.807, 2.05) is 14.0 Å². The van der Waals surface area contributed by atoms with E-state index >= 15 is 0 Å². The fourth-order valence-corrected chi connectivity index (χ4v) is 4.71. The monoisotopic (exact) mass is 400 g/mol. The van der Waals surface area contributed by atoms with Crippen molar-refractivity contribution in [3.63, 3.8) is 0 Å². The zero-order valence-corrected chi connectivity index (χ0v) is 18.0. The van der Waals surface area contributed by atoms with Gasteiger partial charge in [0.25, 0.3) is 0 Å². The molecule has 2 aliphatic heterocycles. The molecule has 2 aliphatic rings. The lowest BCUT2D eigenvalue weighted by molar-refractivity contribution is -0.143. The van der Waals surface area contributed by atoms with E-state index in [-0.39, 0.29) is 5.97 Å². The van der Waals surface area contributed by atoms with Crippen LogP contribution in [0, 0.1) is 5.92 Å². The summed E-state index contributed by atoms with van der Waals surface area (Å²) in [5.74, 6) is 1.54. The van der Waals surface area contributed by atoms with Crippen molar-refractivity contribution >= 4 is 11.9 Å². The maximum Gasteiger partial charge on any atom is 0.305 e. The Kier molecular flexibility index (Phi) is 8.35. The molecule has 2 unspecified atom stereocenters. The zero-order valence-electron chi connectivity index (χ0n) is 18.0. The normalized spacial score (nSPS) is 22.8. The van der Waals surface area contributed by atoms with Crippen molar-refractivity contribution in [3.8, 4) is 0 Å². The van der Waals surface area contributed by atoms with Crippen LogP contribution in [0.3, 0.4) is 0 Å². The number of fused-ring (bicyclic) bond motifs is 1. The number of hydrogen-bond donors (Lipinski definition) is 1. The number of rotatable bonds is 7. The molecule has 0 bridgehead atoms. The van der Waals surface area contributed by atoms with Crippen LogP contribution in [0.4, 0.5) is 0 Å². The Labute approximate surface area is 175 Å². The summed E-state index contributed by atoms with van der Waals surface area (Å²) in [4.78, 5) is 21.1. The van der Waals surface area contributed by atoms with Crippen LogP contribution < -0.4 is 5.32 Å². The predicted octanol–water partition coefficient (Wildman–Crippen LogP) is 2.89. The summed E-state index contributed by atoms with van der Waals surface area (Å²) in [5, 5.41) is 3.44. The van der Waals surface area contributed by atoms with Gasteiger partial charge in [0, 0.05) is 45.7 Å². The molecule has 0 aromatic heterocycles. The summed E-state index contributed by atoms with van der Waals surface area (Å²) in [7, 11) is 1.85. The number of ether oxygens (including phenoxy) is 1. The van der Waals surface area contributed by atoms with Crippen LogP contribution in [0.15, 0.2) is 35.3 Å². The SMILES string of the molecule is CCOC(=O)CCCNC(=NC)N1CCC2C(CCCN2Cc2ccccc2)C1. The molecule has 1 aromatic rings. The summed E-state index contributed by atoms with van der Waals surface area (Å²) >= 11 is 0. The highest BCUT2D eigenvalue weighted by Gasteiger charge is 2.36. The Morgan fingerprint density at radius 2 is 2.07 bits per heavy atom. The number of likely N-dealkylation sites (tertiary alicyclic amines) is 2. The average molecular weight is 401 g/mol. The van der Waals surface area contributed by atoms with E-state index in [1.54, 1.807) is 0 Å². The van der Waals surface area contributed by atoms with Crippen molar-refractivity contribution in [1.82, 2.24) is 15.1 Å². The van der Waals surface area contributed by atoms with Gasteiger partial charge in [-0.15, -0.1) is 0 Å². The van der Waals surface area contributed by atoms with Crippen LogP contribution in [0.25, 0.3) is 0 Å². The molecular formula is C23H36N4O2. The van der Waals surface area contributed by atoms with Crippen molar-refractivity contribution in [2.24, 2.45) is 10.9 Å². The van der Waals surface area contributed by atoms with Crippen LogP contribution in [-0.4, -0.2) is 67.6 Å². The number of carbonyl (C=O) groups excluding carboxylic acids is 1. The van der Waals surface area contributed by atoms with E-state index < -0.39 is 0 Å². The lowest BCUT2D eigenvalue weighted by atomic mass is 9.83. The fourth-order valence-electron chi connectivity index (χ4n) is 4.71. The van der Waals surface area contributed by atoms with Crippen molar-refractivity contribution in [2.75, 3.05) is 39.8 Å². The van der Waals surface area contributed by atoms with Gasteiger partial charge in [-0.3, -0.25) is 14.7 Å². The highest BCUT2D eigenvalue weighted by Crippen LogP contribution is 2.31. The summed E-state index contributed by atoms with van der Waals surface area (Å²) < 4.78 is 4.99. The van der Waals surface area contributed by atoms with Gasteiger partial charge in [0.2, 0.25) is 0 Å². The number of carbonyl (C=O) groups is 1. The van der Waals surface area contributed by atoms with Crippen LogP contribution in [0.2, 0.25) is 0 Å². The molecule has 0 aliphatic carbocycles. The summed E-state index contributed by atoms with van der Waals surface area (Å²) in [6.07, 6.45) is 4.97. The van der Waals surface area contributed by atoms with Crippen molar-refractivity contribution in [3.05, 3.63) is 35.9 Å². The van der Waals surface area contributed by atoms with Crippen molar-refractivity contribution in [2.45, 2.75) is 51.6 Å². The third kappa shape index (κ3) is 6.20. The maximum absolute atomic E-state index is 11.5. The highest BCUT2D eigenvalue weighted by molar-refractivity contribution is 5.80. The van der Waals surface area contributed by atoms with E-state index in [4.69, 9.17) is 4.74 Å². The number of benzene rings is 1. The molecule has 2 fully saturated rings. The molecule has 0 amide bonds. The van der Waals surface area contributed by atoms with Gasteiger partial charge in [-0.1, -0.05) is 30.3 Å². The zero-order chi connectivity index (χ0) is 20.5. The second-order valence-corrected chi connectivity index (χ2v) is 8.04. The Bertz CT molecular complexity index is 664. The van der Waals surface area contributed by atoms with Gasteiger partial charge in [0.15, 0.2) is 5.96 Å². The molecule has 0 saturated carbocycles. The van der Waals surface area contributed by atoms with Crippen LogP contribution in [-0.2, 0) is 16.1 Å². The lowest BCUT2D eigenvalue weighted by Gasteiger charge is -2.48. The van der Waals surface area contributed by atoms with Gasteiger partial charge in [-0.05, 0) is 50.6 Å². The molecule has 2 atom stereocenters. The molecule has 2 heterocycles. The van der Waals surface area contributed by atoms with Crippen LogP contribution in [0.1, 0.15) is 44.6 Å². The Morgan fingerprint density at radius 3 is 2.83 bits per heavy atom. The van der Waals surface area contributed by atoms with E-state index in [0.717, 1.165) is 38.6 Å². The quantitative estimate of drug-likeness (QED) is 0.330. The molecule has 1 N–H and O–H groups in total. The topological polar surface area (TPSA) is 57.2 Å². The second kappa shape index (κ2) is 11.2. The first kappa shape index (κ1) is 21.6. The minimum atomic E-state index is -0.120. The van der Waals surface area contributed by atoms with Gasteiger partial charge in [-0.25, -0.2) is 0 Å². The smallest absolute Gasteiger partial charge is 0.305 e. The van der Waals surface area contributed by atoms with Gasteiger partial charge in [-0.2, -0.15) is 0 Å². The Balaban J connectivity index is 1.48. The predicted molar refractivity (Wildman–Crippen MR) is 117 cm³/mol. The molecule has 0 spiro atoms. The van der Waals surface area contributed by atoms with Gasteiger partial charge < -0.3 is 15.0 Å². The molecule has 1 aromatic carbocycles. The number of aliphatic imine (C=N–C) groups is 1. The molecule has 2 saturated heterocycles. The maximum atomic E-state index is 11.5. The molecular weight excluding hydrogens is 364 g/mol. The van der Waals surface area contributed by atoms with E-state index in [1.165, 1.54) is 31.4 Å². The lowest BCUT2D eigenvalue weighted by Crippen LogP contribution is -2.56. The standard InChI is InChI=1S/C23H36N4O2/c1-3-29-22(28)12-7-14-25-23(24-2)27-16-13-21-20(18-27)11-8-15-26(21)17-19-9-5-4-6-10-19/h4-6,9-10,20-21H,3,7-8,11-18H2,1-2H3,(H,24,25). The summed E-state index contributed by atoms with van der Waals surface area (Å²) in [6, 6.07) is 11.5. The summed E-state index contributed by atoms with van der Waals surface area (Å²) in [5.41, 5.74) is 1.41. The first-order valence-corrected chi connectivity index (χ1v) is 11.1. The van der Waals surface area contributed by atoms with E-state index in [2.05, 4.69) is 50.4 Å². The van der Waals surface area contributed by atoms with Gasteiger partial charge >= 0.3 is 5.97 Å². The van der Waals surface area contributed by atoms with Crippen LogP contribution in [0.5, 0.6) is 0 Å². The number of piperidine rings is 2. The molecule has 0 radical (unpaired) electrons. The second-order valence-electron chi connectivity index (χ2n) is 8.04. The number of hydrogen-bond acceptors (Lipinski definition) is 4. The highest BCUT2D eigenvalue weighted by atomic mass is 16.5. The van der Waals surface area contributed by atoms with Gasteiger partial charge in [0.1, 0.15) is 0 Å². The minimum absolute atomic E-state index is 0.120. The molecule has 6 heteroatoms. The van der Waals surface area contributed by atoms with Crippen molar-refractivity contribution in [1.29, 1.82) is 0 Å². The van der Waals surface area contributed by atoms with Crippen molar-refractivity contribution < 1.29 is 9.53 Å². The number of nitrogens with zero attached hydrogens (tertiary/aromatic N) is 3. The largest absolute Gasteiger partial charge is 0.466 e. The first-order valence-electron chi connectivity index (χ1n) is 11.1. The number of guanidine groups is 1. The molecule has 6 nitrogen and oxygen atoms in total. The van der Waals surface area contributed by atoms with E-state index in [0.29, 0.717) is 25.0 Å². The summed E-state index contributed by atoms with van der Waals surface area (Å²) in [6.45, 7) is 7.40. The number of esters is 1. The molecule has 29 heavy (non-hydrogen) atoms. The Morgan fingerprint density at radius 1 is 1.24 bits per heavy atom. The first-order chi connectivity index (χ1) is 14.2. The average Bonchev–Trinajstić information content (AvgIpc) is 2.75. The minimum Gasteiger partial charge on any atom is -0.466 e. The third-order valence-corrected chi connectivity index (χ3v) is 6.07. The van der Waals surface area contributed by atoms with E-state index in [9.17, 15) is 4.79 Å². The fraction of sp³-hybridized carbons (Fsp3) is 0.652.